The first-order chi connectivity index (χ1) is 7.19. The van der Waals surface area contributed by atoms with Crippen LogP contribution in [0.1, 0.15) is 0 Å². The molecule has 0 saturated carbocycles. The third-order valence-electron chi connectivity index (χ3n) is 1.67. The number of anilines is 1. The Balaban J connectivity index is 2.39. The fourth-order valence-electron chi connectivity index (χ4n) is 1.04. The van der Waals surface area contributed by atoms with E-state index in [2.05, 4.69) is 30.0 Å². The number of rotatable bonds is 1. The van der Waals surface area contributed by atoms with Crippen LogP contribution in [0.2, 0.25) is 0 Å². The van der Waals surface area contributed by atoms with Crippen molar-refractivity contribution in [1.29, 1.82) is 0 Å². The van der Waals surface area contributed by atoms with Crippen molar-refractivity contribution in [2.45, 2.75) is 0 Å². The van der Waals surface area contributed by atoms with Gasteiger partial charge in [0.15, 0.2) is 10.4 Å². The molecule has 2 aromatic rings. The zero-order valence-electron chi connectivity index (χ0n) is 7.70. The van der Waals surface area contributed by atoms with Crippen LogP contribution in [0.4, 0.5) is 10.7 Å². The molecule has 0 aliphatic heterocycles. The van der Waals surface area contributed by atoms with Crippen LogP contribution in [-0.2, 0) is 4.74 Å². The van der Waals surface area contributed by atoms with E-state index in [1.54, 1.807) is 0 Å². The average molecular weight is 225 g/mol. The summed E-state index contributed by atoms with van der Waals surface area (Å²) < 4.78 is 4.75. The molecule has 2 aromatic heterocycles. The SMILES string of the molecule is COC(=O)Nc1nc2[nH]c(=S)ncc2[nH]1. The second-order valence-electron chi connectivity index (χ2n) is 2.65. The number of amides is 1. The number of nitrogens with one attached hydrogen (secondary N) is 3. The van der Waals surface area contributed by atoms with Gasteiger partial charge >= 0.3 is 6.09 Å². The van der Waals surface area contributed by atoms with Crippen molar-refractivity contribution in [3.63, 3.8) is 0 Å². The molecule has 0 bridgehead atoms. The number of hydrogen-bond acceptors (Lipinski definition) is 5. The number of ether oxygens (including phenoxy) is 1. The van der Waals surface area contributed by atoms with E-state index in [1.807, 2.05) is 0 Å². The topological polar surface area (TPSA) is 95.7 Å². The molecule has 0 spiro atoms. The molecule has 7 nitrogen and oxygen atoms in total. The standard InChI is InChI=1S/C7H7N5O2S/c1-14-7(13)12-5-9-3-2-8-6(15)11-4(3)10-5/h2H,1H3,(H3,8,9,10,11,12,13,15). The number of fused-ring (bicyclic) bond motifs is 1. The number of hydrogen-bond donors (Lipinski definition) is 3. The lowest BCUT2D eigenvalue weighted by Crippen LogP contribution is -2.11. The van der Waals surface area contributed by atoms with E-state index >= 15 is 0 Å². The fourth-order valence-corrected chi connectivity index (χ4v) is 1.19. The molecule has 0 aliphatic rings. The summed E-state index contributed by atoms with van der Waals surface area (Å²) in [5.41, 5.74) is 1.18. The predicted molar refractivity (Wildman–Crippen MR) is 55.1 cm³/mol. The van der Waals surface area contributed by atoms with Gasteiger partial charge in [0.05, 0.1) is 13.3 Å². The Labute approximate surface area is 88.9 Å². The van der Waals surface area contributed by atoms with Crippen LogP contribution in [0.5, 0.6) is 0 Å². The molecule has 3 N–H and O–H groups in total. The first kappa shape index (κ1) is 9.59. The number of carbonyl (C=O) groups excluding carboxylic acids is 1. The van der Waals surface area contributed by atoms with Crippen molar-refractivity contribution in [2.75, 3.05) is 12.4 Å². The van der Waals surface area contributed by atoms with E-state index in [-0.39, 0.29) is 5.95 Å². The van der Waals surface area contributed by atoms with Gasteiger partial charge in [-0.1, -0.05) is 0 Å². The van der Waals surface area contributed by atoms with E-state index in [1.165, 1.54) is 13.3 Å². The first-order valence-corrected chi connectivity index (χ1v) is 4.40. The third-order valence-corrected chi connectivity index (χ3v) is 1.88. The maximum absolute atomic E-state index is 10.9. The molecule has 0 aromatic carbocycles. The Morgan fingerprint density at radius 1 is 1.60 bits per heavy atom. The molecule has 2 rings (SSSR count). The van der Waals surface area contributed by atoms with E-state index in [0.717, 1.165) is 0 Å². The molecule has 0 aliphatic carbocycles. The highest BCUT2D eigenvalue weighted by molar-refractivity contribution is 7.71. The van der Waals surface area contributed by atoms with Gasteiger partial charge in [0.2, 0.25) is 5.95 Å². The van der Waals surface area contributed by atoms with Crippen LogP contribution in [0.15, 0.2) is 6.20 Å². The number of carbonyl (C=O) groups is 1. The van der Waals surface area contributed by atoms with Crippen molar-refractivity contribution in [3.8, 4) is 0 Å². The third kappa shape index (κ3) is 1.94. The number of aromatic nitrogens is 4. The number of H-pyrrole nitrogens is 2. The summed E-state index contributed by atoms with van der Waals surface area (Å²) in [4.78, 5) is 24.4. The van der Waals surface area contributed by atoms with E-state index in [0.29, 0.717) is 15.9 Å². The Morgan fingerprint density at radius 3 is 3.13 bits per heavy atom. The Morgan fingerprint density at radius 2 is 2.40 bits per heavy atom. The Bertz CT molecular complexity index is 560. The van der Waals surface area contributed by atoms with Crippen LogP contribution in [0.25, 0.3) is 11.2 Å². The number of nitrogens with zero attached hydrogens (tertiary/aromatic N) is 2. The van der Waals surface area contributed by atoms with Crippen molar-refractivity contribution in [3.05, 3.63) is 11.0 Å². The van der Waals surface area contributed by atoms with E-state index in [9.17, 15) is 4.79 Å². The second-order valence-corrected chi connectivity index (χ2v) is 3.04. The summed E-state index contributed by atoms with van der Waals surface area (Å²) in [6.45, 7) is 0. The van der Waals surface area contributed by atoms with Gasteiger partial charge in [0.25, 0.3) is 0 Å². The maximum Gasteiger partial charge on any atom is 0.413 e. The molecule has 15 heavy (non-hydrogen) atoms. The zero-order valence-corrected chi connectivity index (χ0v) is 8.51. The molecule has 0 radical (unpaired) electrons. The highest BCUT2D eigenvalue weighted by Gasteiger charge is 2.06. The lowest BCUT2D eigenvalue weighted by molar-refractivity contribution is 0.186. The van der Waals surface area contributed by atoms with E-state index < -0.39 is 6.09 Å². The summed E-state index contributed by atoms with van der Waals surface area (Å²) >= 11 is 4.83. The smallest absolute Gasteiger partial charge is 0.413 e. The molecule has 1 amide bonds. The fraction of sp³-hybridized carbons (Fsp3) is 0.143. The lowest BCUT2D eigenvalue weighted by Gasteiger charge is -1.96. The maximum atomic E-state index is 10.9. The molecular weight excluding hydrogens is 218 g/mol. The van der Waals surface area contributed by atoms with Gasteiger partial charge in [-0.3, -0.25) is 5.32 Å². The van der Waals surface area contributed by atoms with Crippen LogP contribution < -0.4 is 5.32 Å². The minimum atomic E-state index is -0.597. The zero-order chi connectivity index (χ0) is 10.8. The molecule has 2 heterocycles. The van der Waals surface area contributed by atoms with Crippen LogP contribution in [0.3, 0.4) is 0 Å². The molecule has 0 fully saturated rings. The van der Waals surface area contributed by atoms with Crippen molar-refractivity contribution in [2.24, 2.45) is 0 Å². The van der Waals surface area contributed by atoms with Gasteiger partial charge in [-0.2, -0.15) is 4.98 Å². The van der Waals surface area contributed by atoms with Gasteiger partial charge in [-0.15, -0.1) is 0 Å². The minimum absolute atomic E-state index is 0.274. The van der Waals surface area contributed by atoms with Gasteiger partial charge in [0.1, 0.15) is 5.52 Å². The van der Waals surface area contributed by atoms with Crippen molar-refractivity contribution < 1.29 is 9.53 Å². The monoisotopic (exact) mass is 225 g/mol. The van der Waals surface area contributed by atoms with Gasteiger partial charge in [-0.05, 0) is 12.2 Å². The summed E-state index contributed by atoms with van der Waals surface area (Å²) in [7, 11) is 1.27. The number of imidazole rings is 1. The highest BCUT2D eigenvalue weighted by atomic mass is 32.1. The number of methoxy groups -OCH3 is 1. The molecule has 0 saturated heterocycles. The quantitative estimate of drug-likeness (QED) is 0.633. The molecule has 0 atom stereocenters. The van der Waals surface area contributed by atoms with Gasteiger partial charge in [0, 0.05) is 0 Å². The normalized spacial score (nSPS) is 10.2. The van der Waals surface area contributed by atoms with Gasteiger partial charge < -0.3 is 14.7 Å². The predicted octanol–water partition coefficient (Wildman–Crippen LogP) is 1.19. The first-order valence-electron chi connectivity index (χ1n) is 3.99. The average Bonchev–Trinajstić information content (AvgIpc) is 2.59. The largest absolute Gasteiger partial charge is 0.453 e. The Hall–Kier alpha value is -1.96. The van der Waals surface area contributed by atoms with Crippen LogP contribution >= 0.6 is 12.2 Å². The van der Waals surface area contributed by atoms with Crippen molar-refractivity contribution >= 4 is 35.4 Å². The highest BCUT2D eigenvalue weighted by Crippen LogP contribution is 2.09. The van der Waals surface area contributed by atoms with Crippen molar-refractivity contribution in [1.82, 2.24) is 19.9 Å². The molecule has 0 unspecified atom stereocenters. The number of aromatic amines is 2. The Kier molecular flexibility index (Phi) is 2.34. The minimum Gasteiger partial charge on any atom is -0.453 e. The summed E-state index contributed by atoms with van der Waals surface area (Å²) in [6.07, 6.45) is 0.935. The summed E-state index contributed by atoms with van der Waals surface area (Å²) in [6, 6.07) is 0. The van der Waals surface area contributed by atoms with E-state index in [4.69, 9.17) is 12.2 Å². The lowest BCUT2D eigenvalue weighted by atomic mass is 10.6. The second kappa shape index (κ2) is 3.65. The van der Waals surface area contributed by atoms with Gasteiger partial charge in [-0.25, -0.2) is 9.78 Å². The summed E-state index contributed by atoms with van der Waals surface area (Å²) in [5.74, 6) is 0.274. The molecule has 78 valence electrons. The van der Waals surface area contributed by atoms with Crippen LogP contribution in [0, 0.1) is 4.77 Å². The molecule has 8 heteroatoms. The summed E-state index contributed by atoms with van der Waals surface area (Å²) in [5, 5.41) is 2.39. The van der Waals surface area contributed by atoms with Crippen LogP contribution in [-0.4, -0.2) is 33.1 Å². The molecular formula is C7H7N5O2S.